The molecule has 1 aliphatic rings. The lowest BCUT2D eigenvalue weighted by Crippen LogP contribution is -3.13. The van der Waals surface area contributed by atoms with Gasteiger partial charge in [-0.3, -0.25) is 4.79 Å². The van der Waals surface area contributed by atoms with Gasteiger partial charge in [0.05, 0.1) is 38.9 Å². The largest absolute Gasteiger partial charge is 0.465 e. The third kappa shape index (κ3) is 4.25. The van der Waals surface area contributed by atoms with E-state index >= 15 is 0 Å². The van der Waals surface area contributed by atoms with Crippen LogP contribution in [0.25, 0.3) is 0 Å². The van der Waals surface area contributed by atoms with E-state index < -0.39 is 5.97 Å². The normalized spacial score (nSPS) is 15.0. The van der Waals surface area contributed by atoms with Gasteiger partial charge in [-0.2, -0.15) is 0 Å². The zero-order valence-corrected chi connectivity index (χ0v) is 14.4. The zero-order valence-electron chi connectivity index (χ0n) is 14.4. The van der Waals surface area contributed by atoms with Gasteiger partial charge in [-0.25, -0.2) is 4.79 Å². The Morgan fingerprint density at radius 3 is 2.16 bits per heavy atom. The topological polar surface area (TPSA) is 51.1 Å². The first kappa shape index (κ1) is 17.2. The molecule has 130 valence electrons. The number of quaternary nitrogens is 1. The lowest BCUT2D eigenvalue weighted by atomic mass is 10.1. The molecule has 3 rings (SSSR count). The summed E-state index contributed by atoms with van der Waals surface area (Å²) < 4.78 is 4.68. The highest BCUT2D eigenvalue weighted by atomic mass is 16.5. The molecule has 5 heteroatoms. The van der Waals surface area contributed by atoms with Crippen LogP contribution in [0.15, 0.2) is 54.6 Å². The maximum absolute atomic E-state index is 12.6. The lowest BCUT2D eigenvalue weighted by Gasteiger charge is -2.32. The fraction of sp³-hybridized carbons (Fsp3) is 0.300. The van der Waals surface area contributed by atoms with E-state index in [0.717, 1.165) is 32.7 Å². The number of carbonyl (C=O) groups is 2. The van der Waals surface area contributed by atoms with E-state index in [2.05, 4.69) is 29.0 Å². The molecular formula is C20H23N2O3+. The Morgan fingerprint density at radius 1 is 0.960 bits per heavy atom. The maximum Gasteiger partial charge on any atom is 0.337 e. The van der Waals surface area contributed by atoms with Crippen molar-refractivity contribution in [3.8, 4) is 0 Å². The van der Waals surface area contributed by atoms with E-state index in [-0.39, 0.29) is 5.91 Å². The Labute approximate surface area is 147 Å². The van der Waals surface area contributed by atoms with Crippen molar-refractivity contribution >= 4 is 11.9 Å². The molecule has 1 heterocycles. The number of amides is 1. The molecule has 0 unspecified atom stereocenters. The van der Waals surface area contributed by atoms with Gasteiger partial charge in [-0.1, -0.05) is 30.3 Å². The van der Waals surface area contributed by atoms with Crippen molar-refractivity contribution in [1.29, 1.82) is 0 Å². The van der Waals surface area contributed by atoms with E-state index in [1.54, 1.807) is 24.3 Å². The number of ether oxygens (including phenoxy) is 1. The summed E-state index contributed by atoms with van der Waals surface area (Å²) in [6.07, 6.45) is 0. The van der Waals surface area contributed by atoms with Crippen LogP contribution in [0.4, 0.5) is 0 Å². The van der Waals surface area contributed by atoms with Crippen LogP contribution in [-0.4, -0.2) is 50.1 Å². The summed E-state index contributed by atoms with van der Waals surface area (Å²) in [6.45, 7) is 4.39. The lowest BCUT2D eigenvalue weighted by molar-refractivity contribution is -0.917. The smallest absolute Gasteiger partial charge is 0.337 e. The van der Waals surface area contributed by atoms with Crippen LogP contribution in [0.5, 0.6) is 0 Å². The highest BCUT2D eigenvalue weighted by Gasteiger charge is 2.24. The average molecular weight is 339 g/mol. The summed E-state index contributed by atoms with van der Waals surface area (Å²) in [7, 11) is 1.35. The third-order valence-electron chi connectivity index (χ3n) is 4.61. The maximum atomic E-state index is 12.6. The summed E-state index contributed by atoms with van der Waals surface area (Å²) in [4.78, 5) is 27.5. The van der Waals surface area contributed by atoms with E-state index in [4.69, 9.17) is 0 Å². The van der Waals surface area contributed by atoms with Crippen LogP contribution in [0.2, 0.25) is 0 Å². The number of hydrogen-bond acceptors (Lipinski definition) is 3. The zero-order chi connectivity index (χ0) is 17.6. The molecule has 0 saturated carbocycles. The molecular weight excluding hydrogens is 316 g/mol. The molecule has 1 aliphatic heterocycles. The number of piperazine rings is 1. The summed E-state index contributed by atoms with van der Waals surface area (Å²) >= 11 is 0. The molecule has 0 radical (unpaired) electrons. The molecule has 0 bridgehead atoms. The molecule has 25 heavy (non-hydrogen) atoms. The van der Waals surface area contributed by atoms with Gasteiger partial charge < -0.3 is 14.5 Å². The predicted octanol–water partition coefficient (Wildman–Crippen LogP) is 1.01. The van der Waals surface area contributed by atoms with Crippen LogP contribution in [0, 0.1) is 0 Å². The molecule has 0 aliphatic carbocycles. The number of methoxy groups -OCH3 is 1. The Balaban J connectivity index is 1.55. The van der Waals surface area contributed by atoms with E-state index in [1.165, 1.54) is 17.6 Å². The molecule has 5 nitrogen and oxygen atoms in total. The van der Waals surface area contributed by atoms with Crippen LogP contribution >= 0.6 is 0 Å². The molecule has 2 aromatic carbocycles. The van der Waals surface area contributed by atoms with Crippen molar-refractivity contribution < 1.29 is 19.2 Å². The van der Waals surface area contributed by atoms with Crippen LogP contribution in [0.1, 0.15) is 26.3 Å². The van der Waals surface area contributed by atoms with E-state index in [1.807, 2.05) is 11.0 Å². The summed E-state index contributed by atoms with van der Waals surface area (Å²) in [5.74, 6) is -0.368. The van der Waals surface area contributed by atoms with Gasteiger partial charge in [0.2, 0.25) is 0 Å². The molecule has 0 spiro atoms. The Morgan fingerprint density at radius 2 is 1.56 bits per heavy atom. The summed E-state index contributed by atoms with van der Waals surface area (Å²) in [5.41, 5.74) is 2.39. The fourth-order valence-corrected chi connectivity index (χ4v) is 3.14. The first-order valence-corrected chi connectivity index (χ1v) is 8.52. The van der Waals surface area contributed by atoms with Crippen molar-refractivity contribution in [2.24, 2.45) is 0 Å². The highest BCUT2D eigenvalue weighted by Crippen LogP contribution is 2.09. The summed E-state index contributed by atoms with van der Waals surface area (Å²) in [6, 6.07) is 17.1. The van der Waals surface area contributed by atoms with Gasteiger partial charge in [-0.15, -0.1) is 0 Å². The van der Waals surface area contributed by atoms with Crippen molar-refractivity contribution in [1.82, 2.24) is 4.90 Å². The van der Waals surface area contributed by atoms with Gasteiger partial charge in [0.15, 0.2) is 0 Å². The molecule has 0 aromatic heterocycles. The average Bonchev–Trinajstić information content (AvgIpc) is 2.68. The predicted molar refractivity (Wildman–Crippen MR) is 94.5 cm³/mol. The van der Waals surface area contributed by atoms with Crippen LogP contribution in [0.3, 0.4) is 0 Å². The Kier molecular flexibility index (Phi) is 5.46. The van der Waals surface area contributed by atoms with Crippen LogP contribution in [-0.2, 0) is 11.3 Å². The first-order chi connectivity index (χ1) is 12.2. The van der Waals surface area contributed by atoms with Crippen molar-refractivity contribution in [3.63, 3.8) is 0 Å². The number of nitrogens with one attached hydrogen (secondary N) is 1. The molecule has 1 saturated heterocycles. The number of carbonyl (C=O) groups excluding carboxylic acids is 2. The Bertz CT molecular complexity index is 720. The first-order valence-electron chi connectivity index (χ1n) is 8.52. The fourth-order valence-electron chi connectivity index (χ4n) is 3.14. The highest BCUT2D eigenvalue weighted by molar-refractivity contribution is 5.96. The number of esters is 1. The van der Waals surface area contributed by atoms with Crippen LogP contribution < -0.4 is 4.90 Å². The minimum atomic E-state index is -0.392. The number of rotatable bonds is 4. The number of benzene rings is 2. The van der Waals surface area contributed by atoms with Gasteiger partial charge in [0, 0.05) is 11.1 Å². The number of nitrogens with zero attached hydrogens (tertiary/aromatic N) is 1. The molecule has 1 amide bonds. The second-order valence-electron chi connectivity index (χ2n) is 6.27. The minimum absolute atomic E-state index is 0.0233. The van der Waals surface area contributed by atoms with Crippen molar-refractivity contribution in [2.45, 2.75) is 6.54 Å². The third-order valence-corrected chi connectivity index (χ3v) is 4.61. The number of hydrogen-bond donors (Lipinski definition) is 1. The van der Waals surface area contributed by atoms with E-state index in [9.17, 15) is 9.59 Å². The molecule has 2 aromatic rings. The molecule has 1 fully saturated rings. The second kappa shape index (κ2) is 7.94. The van der Waals surface area contributed by atoms with Gasteiger partial charge in [-0.05, 0) is 24.3 Å². The second-order valence-corrected chi connectivity index (χ2v) is 6.27. The van der Waals surface area contributed by atoms with Crippen molar-refractivity contribution in [3.05, 3.63) is 71.3 Å². The standard InChI is InChI=1S/C20H22N2O3/c1-25-20(24)18-9-7-17(8-10-18)19(23)22-13-11-21(12-14-22)15-16-5-3-2-4-6-16/h2-10H,11-15H2,1H3/p+1. The van der Waals surface area contributed by atoms with E-state index in [0.29, 0.717) is 11.1 Å². The van der Waals surface area contributed by atoms with Gasteiger partial charge in [0.1, 0.15) is 6.54 Å². The van der Waals surface area contributed by atoms with Gasteiger partial charge in [0.25, 0.3) is 5.91 Å². The Hall–Kier alpha value is -2.66. The van der Waals surface area contributed by atoms with Gasteiger partial charge >= 0.3 is 5.97 Å². The quantitative estimate of drug-likeness (QED) is 0.846. The molecule has 1 N–H and O–H groups in total. The molecule has 0 atom stereocenters. The summed E-state index contributed by atoms with van der Waals surface area (Å²) in [5, 5.41) is 0. The monoisotopic (exact) mass is 339 g/mol. The van der Waals surface area contributed by atoms with Crippen molar-refractivity contribution in [2.75, 3.05) is 33.3 Å². The SMILES string of the molecule is COC(=O)c1ccc(C(=O)N2CC[NH+](Cc3ccccc3)CC2)cc1. The minimum Gasteiger partial charge on any atom is -0.465 e.